The normalized spacial score (nSPS) is 10.8. The van der Waals surface area contributed by atoms with E-state index in [0.717, 1.165) is 17.0 Å². The number of aryl methyl sites for hydroxylation is 1. The number of benzene rings is 3. The lowest BCUT2D eigenvalue weighted by molar-refractivity contribution is 0.102. The first kappa shape index (κ1) is 21.2. The first-order chi connectivity index (χ1) is 15.1. The molecule has 1 heterocycles. The number of ether oxygens (including phenoxy) is 1. The molecule has 0 bridgehead atoms. The van der Waals surface area contributed by atoms with E-state index in [0.29, 0.717) is 21.6 Å². The van der Waals surface area contributed by atoms with Crippen LogP contribution < -0.4 is 4.74 Å². The minimum absolute atomic E-state index is 0.0585. The molecular formula is C24H20ClN3O2S. The minimum Gasteiger partial charge on any atom is -0.497 e. The molecule has 0 unspecified atom stereocenters. The Morgan fingerprint density at radius 1 is 1.00 bits per heavy atom. The van der Waals surface area contributed by atoms with E-state index in [1.807, 2.05) is 60.0 Å². The number of ketones is 1. The molecule has 0 N–H and O–H groups in total. The molecule has 7 heteroatoms. The van der Waals surface area contributed by atoms with Crippen LogP contribution in [-0.2, 0) is 0 Å². The third-order valence-electron chi connectivity index (χ3n) is 4.78. The van der Waals surface area contributed by atoms with Gasteiger partial charge in [-0.05, 0) is 43.3 Å². The van der Waals surface area contributed by atoms with Crippen molar-refractivity contribution in [1.82, 2.24) is 14.8 Å². The summed E-state index contributed by atoms with van der Waals surface area (Å²) in [7, 11) is 1.63. The molecule has 1 aromatic heterocycles. The number of hydrogen-bond donors (Lipinski definition) is 0. The lowest BCUT2D eigenvalue weighted by atomic mass is 10.1. The molecular weight excluding hydrogens is 430 g/mol. The second kappa shape index (κ2) is 9.37. The number of rotatable bonds is 7. The fourth-order valence-electron chi connectivity index (χ4n) is 3.11. The lowest BCUT2D eigenvalue weighted by Gasteiger charge is -2.11. The van der Waals surface area contributed by atoms with E-state index in [1.54, 1.807) is 31.4 Å². The molecule has 0 spiro atoms. The summed E-state index contributed by atoms with van der Waals surface area (Å²) in [5.74, 6) is 1.61. The molecule has 0 aliphatic heterocycles. The van der Waals surface area contributed by atoms with Gasteiger partial charge in [0.05, 0.1) is 17.9 Å². The summed E-state index contributed by atoms with van der Waals surface area (Å²) in [5, 5.41) is 9.88. The van der Waals surface area contributed by atoms with Gasteiger partial charge in [-0.25, -0.2) is 0 Å². The molecule has 4 rings (SSSR count). The van der Waals surface area contributed by atoms with Gasteiger partial charge in [0.25, 0.3) is 0 Å². The summed E-state index contributed by atoms with van der Waals surface area (Å²) in [4.78, 5) is 12.7. The van der Waals surface area contributed by atoms with Crippen molar-refractivity contribution in [3.63, 3.8) is 0 Å². The van der Waals surface area contributed by atoms with Crippen LogP contribution in [0.2, 0.25) is 5.02 Å². The second-order valence-electron chi connectivity index (χ2n) is 6.90. The molecule has 0 saturated carbocycles. The zero-order valence-corrected chi connectivity index (χ0v) is 18.7. The van der Waals surface area contributed by atoms with Gasteiger partial charge in [0.2, 0.25) is 0 Å². The number of methoxy groups -OCH3 is 1. The molecule has 0 saturated heterocycles. The maximum atomic E-state index is 12.7. The topological polar surface area (TPSA) is 57.0 Å². The molecule has 3 aromatic carbocycles. The van der Waals surface area contributed by atoms with Gasteiger partial charge >= 0.3 is 0 Å². The number of carbonyl (C=O) groups is 1. The summed E-state index contributed by atoms with van der Waals surface area (Å²) in [6, 6.07) is 22.8. The number of halogens is 1. The molecule has 31 heavy (non-hydrogen) atoms. The van der Waals surface area contributed by atoms with Crippen molar-refractivity contribution in [2.45, 2.75) is 12.1 Å². The highest BCUT2D eigenvalue weighted by atomic mass is 35.5. The summed E-state index contributed by atoms with van der Waals surface area (Å²) < 4.78 is 7.23. The maximum absolute atomic E-state index is 12.7. The van der Waals surface area contributed by atoms with E-state index >= 15 is 0 Å². The highest BCUT2D eigenvalue weighted by molar-refractivity contribution is 7.99. The Balaban J connectivity index is 1.69. The van der Waals surface area contributed by atoms with E-state index in [1.165, 1.54) is 17.3 Å². The number of carbonyl (C=O) groups excluding carboxylic acids is 1. The summed E-state index contributed by atoms with van der Waals surface area (Å²) in [5.41, 5.74) is 3.50. The van der Waals surface area contributed by atoms with E-state index in [4.69, 9.17) is 16.3 Å². The molecule has 156 valence electrons. The van der Waals surface area contributed by atoms with Crippen molar-refractivity contribution in [3.05, 3.63) is 88.9 Å². The third-order valence-corrected chi connectivity index (χ3v) is 6.04. The summed E-state index contributed by atoms with van der Waals surface area (Å²) >= 11 is 7.51. The van der Waals surface area contributed by atoms with Crippen molar-refractivity contribution in [2.75, 3.05) is 12.9 Å². The van der Waals surface area contributed by atoms with Gasteiger partial charge in [-0.15, -0.1) is 10.2 Å². The van der Waals surface area contributed by atoms with Gasteiger partial charge < -0.3 is 4.74 Å². The predicted molar refractivity (Wildman–Crippen MR) is 125 cm³/mol. The van der Waals surface area contributed by atoms with Crippen LogP contribution in [0.25, 0.3) is 17.1 Å². The predicted octanol–water partition coefficient (Wildman–Crippen LogP) is 5.88. The van der Waals surface area contributed by atoms with Crippen LogP contribution in [0.1, 0.15) is 15.9 Å². The minimum atomic E-state index is -0.0585. The number of hydrogen-bond acceptors (Lipinski definition) is 5. The van der Waals surface area contributed by atoms with Crippen LogP contribution in [0.5, 0.6) is 5.75 Å². The van der Waals surface area contributed by atoms with Crippen LogP contribution in [0, 0.1) is 6.92 Å². The number of Topliss-reactive ketones (excluding diaryl/α,β-unsaturated/α-hetero) is 1. The number of nitrogens with zero attached hydrogens (tertiary/aromatic N) is 3. The van der Waals surface area contributed by atoms with E-state index in [-0.39, 0.29) is 11.5 Å². The lowest BCUT2D eigenvalue weighted by Crippen LogP contribution is -2.05. The fraction of sp³-hybridized carbons (Fsp3) is 0.125. The fourth-order valence-corrected chi connectivity index (χ4v) is 4.19. The monoisotopic (exact) mass is 449 g/mol. The molecule has 0 aliphatic rings. The Hall–Kier alpha value is -3.09. The molecule has 0 radical (unpaired) electrons. The Kier molecular flexibility index (Phi) is 6.39. The zero-order chi connectivity index (χ0) is 21.8. The molecule has 0 aliphatic carbocycles. The number of thioether (sulfide) groups is 1. The Morgan fingerprint density at radius 3 is 2.39 bits per heavy atom. The Labute approximate surface area is 190 Å². The average molecular weight is 450 g/mol. The van der Waals surface area contributed by atoms with Gasteiger partial charge in [0.1, 0.15) is 5.75 Å². The smallest absolute Gasteiger partial charge is 0.196 e. The molecule has 0 fully saturated rings. The van der Waals surface area contributed by atoms with Gasteiger partial charge in [-0.2, -0.15) is 0 Å². The summed E-state index contributed by atoms with van der Waals surface area (Å²) in [6.07, 6.45) is 0. The first-order valence-electron chi connectivity index (χ1n) is 9.64. The van der Waals surface area contributed by atoms with Crippen molar-refractivity contribution in [1.29, 1.82) is 0 Å². The van der Waals surface area contributed by atoms with Crippen molar-refractivity contribution in [3.8, 4) is 22.8 Å². The largest absolute Gasteiger partial charge is 0.497 e. The second-order valence-corrected chi connectivity index (χ2v) is 8.25. The van der Waals surface area contributed by atoms with Gasteiger partial charge in [0.15, 0.2) is 16.8 Å². The molecule has 5 nitrogen and oxygen atoms in total. The van der Waals surface area contributed by atoms with Crippen molar-refractivity contribution in [2.24, 2.45) is 0 Å². The van der Waals surface area contributed by atoms with Crippen molar-refractivity contribution >= 4 is 29.1 Å². The van der Waals surface area contributed by atoms with Crippen LogP contribution in [0.15, 0.2) is 78.0 Å². The first-order valence-corrected chi connectivity index (χ1v) is 11.0. The number of aromatic nitrogens is 3. The molecule has 4 aromatic rings. The highest BCUT2D eigenvalue weighted by Crippen LogP contribution is 2.30. The van der Waals surface area contributed by atoms with Gasteiger partial charge in [-0.1, -0.05) is 65.3 Å². The van der Waals surface area contributed by atoms with Gasteiger partial charge in [-0.3, -0.25) is 9.36 Å². The molecule has 0 amide bonds. The molecule has 0 atom stereocenters. The quantitative estimate of drug-likeness (QED) is 0.260. The van der Waals surface area contributed by atoms with Gasteiger partial charge in [0, 0.05) is 16.8 Å². The van der Waals surface area contributed by atoms with Crippen LogP contribution >= 0.6 is 23.4 Å². The summed E-state index contributed by atoms with van der Waals surface area (Å²) in [6.45, 7) is 2.04. The zero-order valence-electron chi connectivity index (χ0n) is 17.1. The standard InChI is InChI=1S/C24H20ClN3O2S/c1-16-7-9-17(10-8-16)23-26-27-24(28(23)18-11-13-19(30-2)14-12-18)31-15-22(29)20-5-3-4-6-21(20)25/h3-14H,15H2,1-2H3. The van der Waals surface area contributed by atoms with Crippen LogP contribution in [0.4, 0.5) is 0 Å². The third kappa shape index (κ3) is 4.65. The van der Waals surface area contributed by atoms with E-state index < -0.39 is 0 Å². The van der Waals surface area contributed by atoms with Crippen LogP contribution in [0.3, 0.4) is 0 Å². The van der Waals surface area contributed by atoms with Crippen molar-refractivity contribution < 1.29 is 9.53 Å². The van der Waals surface area contributed by atoms with E-state index in [2.05, 4.69) is 10.2 Å². The van der Waals surface area contributed by atoms with E-state index in [9.17, 15) is 4.79 Å². The average Bonchev–Trinajstić information content (AvgIpc) is 3.22. The Bertz CT molecular complexity index is 1200. The Morgan fingerprint density at radius 2 is 1.71 bits per heavy atom. The SMILES string of the molecule is COc1ccc(-n2c(SCC(=O)c3ccccc3Cl)nnc2-c2ccc(C)cc2)cc1. The highest BCUT2D eigenvalue weighted by Gasteiger charge is 2.18. The van der Waals surface area contributed by atoms with Crippen LogP contribution in [-0.4, -0.2) is 33.4 Å². The maximum Gasteiger partial charge on any atom is 0.196 e.